The number of rotatable bonds is 2. The normalized spacial score (nSPS) is 13.5. The summed E-state index contributed by atoms with van der Waals surface area (Å²) in [6.07, 6.45) is 3.44. The monoisotopic (exact) mass is 200 g/mol. The molecule has 12 heavy (non-hydrogen) atoms. The van der Waals surface area contributed by atoms with E-state index in [9.17, 15) is 4.21 Å². The minimum absolute atomic E-state index is 0.713. The molecule has 0 aromatic heterocycles. The molecule has 3 heteroatoms. The van der Waals surface area contributed by atoms with E-state index in [1.807, 2.05) is 18.2 Å². The molecule has 1 aromatic rings. The molecule has 1 aromatic carbocycles. The van der Waals surface area contributed by atoms with Gasteiger partial charge in [0, 0.05) is 27.5 Å². The fraction of sp³-hybridized carbons (Fsp3) is 0.111. The lowest BCUT2D eigenvalue weighted by molar-refractivity contribution is 0.692. The predicted octanol–water partition coefficient (Wildman–Crippen LogP) is 2.69. The van der Waals surface area contributed by atoms with E-state index in [1.165, 1.54) is 0 Å². The first-order valence-corrected chi connectivity index (χ1v) is 5.44. The van der Waals surface area contributed by atoms with Crippen LogP contribution in [0.25, 0.3) is 6.08 Å². The molecule has 1 rings (SSSR count). The van der Waals surface area contributed by atoms with E-state index >= 15 is 0 Å². The molecule has 0 saturated heterocycles. The minimum atomic E-state index is -0.885. The highest BCUT2D eigenvalue weighted by Gasteiger charge is 1.87. The maximum atomic E-state index is 10.7. The third-order valence-electron chi connectivity index (χ3n) is 1.32. The molecule has 0 heterocycles. The van der Waals surface area contributed by atoms with Crippen LogP contribution < -0.4 is 0 Å². The van der Waals surface area contributed by atoms with E-state index in [4.69, 9.17) is 11.6 Å². The molecule has 0 saturated carbocycles. The third kappa shape index (κ3) is 3.20. The minimum Gasteiger partial charge on any atom is -0.255 e. The van der Waals surface area contributed by atoms with Gasteiger partial charge in [-0.3, -0.25) is 4.21 Å². The zero-order valence-electron chi connectivity index (χ0n) is 6.66. The molecule has 0 aliphatic rings. The molecule has 0 fully saturated rings. The van der Waals surface area contributed by atoms with Crippen molar-refractivity contribution in [2.75, 3.05) is 6.26 Å². The summed E-state index contributed by atoms with van der Waals surface area (Å²) < 4.78 is 10.7. The topological polar surface area (TPSA) is 17.1 Å². The highest BCUT2D eigenvalue weighted by molar-refractivity contribution is 7.87. The van der Waals surface area contributed by atoms with Gasteiger partial charge in [0.15, 0.2) is 0 Å². The maximum absolute atomic E-state index is 10.7. The van der Waals surface area contributed by atoms with Crippen LogP contribution >= 0.6 is 11.6 Å². The van der Waals surface area contributed by atoms with Crippen molar-refractivity contribution in [2.45, 2.75) is 0 Å². The average Bonchev–Trinajstić information content (AvgIpc) is 2.03. The van der Waals surface area contributed by atoms with Crippen molar-refractivity contribution < 1.29 is 4.21 Å². The standard InChI is InChI=1S/C9H9ClOS/c1-12(11)7-6-8-2-4-9(10)5-3-8/h2-7H,1H3/b7-6-/t12-/m0/s1. The van der Waals surface area contributed by atoms with Crippen LogP contribution in [0.4, 0.5) is 0 Å². The summed E-state index contributed by atoms with van der Waals surface area (Å²) in [6.45, 7) is 0. The summed E-state index contributed by atoms with van der Waals surface area (Å²) in [7, 11) is -0.885. The molecule has 1 nitrogen and oxygen atoms in total. The Morgan fingerprint density at radius 1 is 1.33 bits per heavy atom. The fourth-order valence-corrected chi connectivity index (χ4v) is 1.22. The largest absolute Gasteiger partial charge is 0.255 e. The second kappa shape index (κ2) is 4.43. The van der Waals surface area contributed by atoms with Crippen LogP contribution in [-0.2, 0) is 10.8 Å². The van der Waals surface area contributed by atoms with Gasteiger partial charge in [0.2, 0.25) is 0 Å². The van der Waals surface area contributed by atoms with E-state index < -0.39 is 10.8 Å². The van der Waals surface area contributed by atoms with Crippen LogP contribution in [0, 0.1) is 0 Å². The summed E-state index contributed by atoms with van der Waals surface area (Å²) in [5.41, 5.74) is 1.01. The van der Waals surface area contributed by atoms with E-state index in [0.717, 1.165) is 5.56 Å². The average molecular weight is 201 g/mol. The molecule has 0 aliphatic heterocycles. The van der Waals surface area contributed by atoms with E-state index in [2.05, 4.69) is 0 Å². The van der Waals surface area contributed by atoms with Crippen molar-refractivity contribution in [2.24, 2.45) is 0 Å². The van der Waals surface area contributed by atoms with Gasteiger partial charge in [-0.25, -0.2) is 0 Å². The van der Waals surface area contributed by atoms with Crippen LogP contribution in [-0.4, -0.2) is 10.5 Å². The summed E-state index contributed by atoms with van der Waals surface area (Å²) in [6, 6.07) is 7.37. The number of hydrogen-bond donors (Lipinski definition) is 0. The quantitative estimate of drug-likeness (QED) is 0.718. The summed E-state index contributed by atoms with van der Waals surface area (Å²) in [5, 5.41) is 2.35. The van der Waals surface area contributed by atoms with E-state index in [0.29, 0.717) is 5.02 Å². The van der Waals surface area contributed by atoms with Gasteiger partial charge < -0.3 is 0 Å². The van der Waals surface area contributed by atoms with Gasteiger partial charge in [0.05, 0.1) is 0 Å². The molecular formula is C9H9ClOS. The zero-order chi connectivity index (χ0) is 8.97. The number of benzene rings is 1. The smallest absolute Gasteiger partial charge is 0.0424 e. The third-order valence-corrected chi connectivity index (χ3v) is 2.09. The first-order chi connectivity index (χ1) is 5.68. The van der Waals surface area contributed by atoms with Gasteiger partial charge in [-0.05, 0) is 23.8 Å². The van der Waals surface area contributed by atoms with Gasteiger partial charge in [-0.1, -0.05) is 23.7 Å². The molecule has 0 amide bonds. The lowest BCUT2D eigenvalue weighted by Crippen LogP contribution is -1.75. The zero-order valence-corrected chi connectivity index (χ0v) is 8.23. The first kappa shape index (κ1) is 9.49. The Morgan fingerprint density at radius 2 is 1.92 bits per heavy atom. The van der Waals surface area contributed by atoms with E-state index in [1.54, 1.807) is 23.8 Å². The Hall–Kier alpha value is -0.600. The van der Waals surface area contributed by atoms with E-state index in [-0.39, 0.29) is 0 Å². The summed E-state index contributed by atoms with van der Waals surface area (Å²) in [4.78, 5) is 0. The molecule has 0 N–H and O–H groups in total. The van der Waals surface area contributed by atoms with Gasteiger partial charge in [-0.15, -0.1) is 0 Å². The van der Waals surface area contributed by atoms with Gasteiger partial charge in [0.1, 0.15) is 0 Å². The Bertz CT molecular complexity index is 303. The summed E-state index contributed by atoms with van der Waals surface area (Å²) >= 11 is 5.69. The van der Waals surface area contributed by atoms with Crippen molar-refractivity contribution in [3.05, 3.63) is 40.3 Å². The molecule has 0 radical (unpaired) electrons. The van der Waals surface area contributed by atoms with Crippen LogP contribution in [0.1, 0.15) is 5.56 Å². The Labute approximate surface area is 79.5 Å². The molecule has 64 valence electrons. The Balaban J connectivity index is 2.77. The maximum Gasteiger partial charge on any atom is 0.0424 e. The number of hydrogen-bond acceptors (Lipinski definition) is 1. The number of halogens is 1. The molecule has 0 aliphatic carbocycles. The predicted molar refractivity (Wildman–Crippen MR) is 54.6 cm³/mol. The van der Waals surface area contributed by atoms with Crippen molar-refractivity contribution in [1.82, 2.24) is 0 Å². The molecule has 0 unspecified atom stereocenters. The second-order valence-electron chi connectivity index (χ2n) is 2.35. The highest BCUT2D eigenvalue weighted by atomic mass is 35.5. The molecule has 1 atom stereocenters. The van der Waals surface area contributed by atoms with Crippen molar-refractivity contribution in [3.63, 3.8) is 0 Å². The SMILES string of the molecule is C[S@](=O)/C=C\c1ccc(Cl)cc1. The Kier molecular flexibility index (Phi) is 3.50. The van der Waals surface area contributed by atoms with Gasteiger partial charge >= 0.3 is 0 Å². The first-order valence-electron chi connectivity index (χ1n) is 3.44. The summed E-state index contributed by atoms with van der Waals surface area (Å²) in [5.74, 6) is 0. The highest BCUT2D eigenvalue weighted by Crippen LogP contribution is 2.10. The fourth-order valence-electron chi connectivity index (χ4n) is 0.748. The lowest BCUT2D eigenvalue weighted by atomic mass is 10.2. The van der Waals surface area contributed by atoms with Crippen LogP contribution in [0.2, 0.25) is 5.02 Å². The van der Waals surface area contributed by atoms with Crippen LogP contribution in [0.3, 0.4) is 0 Å². The second-order valence-corrected chi connectivity index (χ2v) is 4.06. The lowest BCUT2D eigenvalue weighted by Gasteiger charge is -1.91. The van der Waals surface area contributed by atoms with Crippen molar-refractivity contribution in [1.29, 1.82) is 0 Å². The van der Waals surface area contributed by atoms with Crippen molar-refractivity contribution in [3.8, 4) is 0 Å². The van der Waals surface area contributed by atoms with Crippen LogP contribution in [0.5, 0.6) is 0 Å². The van der Waals surface area contributed by atoms with Gasteiger partial charge in [-0.2, -0.15) is 0 Å². The molecule has 0 spiro atoms. The Morgan fingerprint density at radius 3 is 2.42 bits per heavy atom. The van der Waals surface area contributed by atoms with Gasteiger partial charge in [0.25, 0.3) is 0 Å². The molecule has 0 bridgehead atoms. The van der Waals surface area contributed by atoms with Crippen LogP contribution in [0.15, 0.2) is 29.7 Å². The molecular weight excluding hydrogens is 192 g/mol. The van der Waals surface area contributed by atoms with Crippen molar-refractivity contribution >= 4 is 28.5 Å².